The number of hydrogen-bond acceptors (Lipinski definition) is 3. The van der Waals surface area contributed by atoms with Gasteiger partial charge in [-0.1, -0.05) is 24.3 Å². The van der Waals surface area contributed by atoms with E-state index in [1.807, 2.05) is 49.0 Å². The predicted molar refractivity (Wildman–Crippen MR) is 86.7 cm³/mol. The van der Waals surface area contributed by atoms with E-state index in [0.29, 0.717) is 26.1 Å². The number of aryl methyl sites for hydroxylation is 2. The minimum atomic E-state index is -0.966. The maximum absolute atomic E-state index is 12.3. The van der Waals surface area contributed by atoms with Crippen LogP contribution in [0.2, 0.25) is 0 Å². The third kappa shape index (κ3) is 3.07. The molecular formula is C17H22N4O2. The summed E-state index contributed by atoms with van der Waals surface area (Å²) in [6, 6.07) is 7.62. The summed E-state index contributed by atoms with van der Waals surface area (Å²) < 4.78 is 1.87. The summed E-state index contributed by atoms with van der Waals surface area (Å²) in [5.74, 6) is 0.798. The summed E-state index contributed by atoms with van der Waals surface area (Å²) in [5.41, 5.74) is 0.982. The molecule has 0 aliphatic carbocycles. The SMILES string of the molecule is Cc1ccccc1C1(O)CCN(C(=O)NCc2nccn2C)C1. The average molecular weight is 314 g/mol. The number of carbonyl (C=O) groups excluding carboxylic acids is 1. The predicted octanol–water partition coefficient (Wildman–Crippen LogP) is 1.53. The van der Waals surface area contributed by atoms with Crippen LogP contribution in [0.1, 0.15) is 23.4 Å². The second-order valence-corrected chi connectivity index (χ2v) is 6.13. The Hall–Kier alpha value is -2.34. The van der Waals surface area contributed by atoms with E-state index in [-0.39, 0.29) is 6.03 Å². The topological polar surface area (TPSA) is 70.4 Å². The number of benzene rings is 1. The van der Waals surface area contributed by atoms with Gasteiger partial charge in [-0.05, 0) is 24.5 Å². The molecule has 1 unspecified atom stereocenters. The fourth-order valence-electron chi connectivity index (χ4n) is 3.12. The zero-order chi connectivity index (χ0) is 16.4. The average Bonchev–Trinajstić information content (AvgIpc) is 3.12. The number of likely N-dealkylation sites (tertiary alicyclic amines) is 1. The van der Waals surface area contributed by atoms with Crippen molar-refractivity contribution >= 4 is 6.03 Å². The smallest absolute Gasteiger partial charge is 0.317 e. The van der Waals surface area contributed by atoms with E-state index in [2.05, 4.69) is 10.3 Å². The molecule has 1 aromatic heterocycles. The lowest BCUT2D eigenvalue weighted by atomic mass is 9.89. The van der Waals surface area contributed by atoms with Gasteiger partial charge in [-0.25, -0.2) is 9.78 Å². The molecule has 2 amide bonds. The van der Waals surface area contributed by atoms with Gasteiger partial charge in [0.05, 0.1) is 13.1 Å². The van der Waals surface area contributed by atoms with Crippen LogP contribution in [0.4, 0.5) is 4.79 Å². The number of amides is 2. The maximum atomic E-state index is 12.3. The second-order valence-electron chi connectivity index (χ2n) is 6.13. The summed E-state index contributed by atoms with van der Waals surface area (Å²) in [5, 5.41) is 13.8. The van der Waals surface area contributed by atoms with Crippen molar-refractivity contribution in [3.8, 4) is 0 Å². The highest BCUT2D eigenvalue weighted by Crippen LogP contribution is 2.33. The van der Waals surface area contributed by atoms with E-state index >= 15 is 0 Å². The zero-order valence-corrected chi connectivity index (χ0v) is 13.5. The summed E-state index contributed by atoms with van der Waals surface area (Å²) >= 11 is 0. The van der Waals surface area contributed by atoms with Crippen LogP contribution < -0.4 is 5.32 Å². The summed E-state index contributed by atoms with van der Waals surface area (Å²) in [7, 11) is 1.89. The van der Waals surface area contributed by atoms with Crippen molar-refractivity contribution in [2.24, 2.45) is 7.05 Å². The largest absolute Gasteiger partial charge is 0.383 e. The van der Waals surface area contributed by atoms with Gasteiger partial charge in [0, 0.05) is 26.0 Å². The lowest BCUT2D eigenvalue weighted by molar-refractivity contribution is 0.0487. The Morgan fingerprint density at radius 2 is 2.22 bits per heavy atom. The number of urea groups is 1. The molecule has 0 saturated carbocycles. The number of aliphatic hydroxyl groups is 1. The Kier molecular flexibility index (Phi) is 4.09. The highest BCUT2D eigenvalue weighted by Gasteiger charge is 2.40. The number of imidazole rings is 1. The molecular weight excluding hydrogens is 292 g/mol. The Morgan fingerprint density at radius 3 is 2.91 bits per heavy atom. The van der Waals surface area contributed by atoms with Gasteiger partial charge in [-0.15, -0.1) is 0 Å². The molecule has 1 atom stereocenters. The first-order chi connectivity index (χ1) is 11.0. The van der Waals surface area contributed by atoms with Crippen LogP contribution in [0.25, 0.3) is 0 Å². The molecule has 1 aromatic carbocycles. The molecule has 1 aliphatic rings. The molecule has 1 aliphatic heterocycles. The van der Waals surface area contributed by atoms with Crippen molar-refractivity contribution in [2.45, 2.75) is 25.5 Å². The third-order valence-electron chi connectivity index (χ3n) is 4.50. The molecule has 1 fully saturated rings. The van der Waals surface area contributed by atoms with Gasteiger partial charge < -0.3 is 19.9 Å². The zero-order valence-electron chi connectivity index (χ0n) is 13.5. The van der Waals surface area contributed by atoms with E-state index in [1.165, 1.54) is 0 Å². The Bertz CT molecular complexity index is 712. The van der Waals surface area contributed by atoms with Crippen molar-refractivity contribution in [3.63, 3.8) is 0 Å². The number of carbonyl (C=O) groups is 1. The standard InChI is InChI=1S/C17H22N4O2/c1-13-5-3-4-6-14(13)17(23)7-9-21(12-17)16(22)19-11-15-18-8-10-20(15)2/h3-6,8,10,23H,7,9,11-12H2,1-2H3,(H,19,22). The van der Waals surface area contributed by atoms with Gasteiger partial charge in [-0.3, -0.25) is 0 Å². The molecule has 2 N–H and O–H groups in total. The Morgan fingerprint density at radius 1 is 1.43 bits per heavy atom. The van der Waals surface area contributed by atoms with Crippen LogP contribution >= 0.6 is 0 Å². The van der Waals surface area contributed by atoms with Crippen LogP contribution in [0.15, 0.2) is 36.7 Å². The summed E-state index contributed by atoms with van der Waals surface area (Å²) in [6.45, 7) is 3.21. The number of hydrogen-bond donors (Lipinski definition) is 2. The molecule has 2 heterocycles. The van der Waals surface area contributed by atoms with Crippen LogP contribution in [0, 0.1) is 6.92 Å². The highest BCUT2D eigenvalue weighted by molar-refractivity contribution is 5.74. The maximum Gasteiger partial charge on any atom is 0.317 e. The molecule has 0 radical (unpaired) electrons. The lowest BCUT2D eigenvalue weighted by Crippen LogP contribution is -2.41. The lowest BCUT2D eigenvalue weighted by Gasteiger charge is -2.25. The summed E-state index contributed by atoms with van der Waals surface area (Å²) in [6.07, 6.45) is 4.09. The monoisotopic (exact) mass is 314 g/mol. The molecule has 122 valence electrons. The fraction of sp³-hybridized carbons (Fsp3) is 0.412. The van der Waals surface area contributed by atoms with Crippen LogP contribution in [-0.4, -0.2) is 38.7 Å². The quantitative estimate of drug-likeness (QED) is 0.902. The van der Waals surface area contributed by atoms with Crippen molar-refractivity contribution in [1.82, 2.24) is 19.8 Å². The van der Waals surface area contributed by atoms with Crippen molar-refractivity contribution < 1.29 is 9.90 Å². The van der Waals surface area contributed by atoms with E-state index in [4.69, 9.17) is 0 Å². The number of rotatable bonds is 3. The minimum absolute atomic E-state index is 0.169. The second kappa shape index (κ2) is 6.04. The van der Waals surface area contributed by atoms with Gasteiger partial charge in [0.15, 0.2) is 0 Å². The molecule has 23 heavy (non-hydrogen) atoms. The van der Waals surface area contributed by atoms with Crippen LogP contribution in [0.3, 0.4) is 0 Å². The van der Waals surface area contributed by atoms with Crippen LogP contribution in [-0.2, 0) is 19.2 Å². The first-order valence-corrected chi connectivity index (χ1v) is 7.77. The number of aromatic nitrogens is 2. The molecule has 0 spiro atoms. The number of β-amino-alcohol motifs (C(OH)–C–C–N with tert-alkyl or cyclic N) is 1. The normalized spacial score (nSPS) is 20.7. The van der Waals surface area contributed by atoms with Gasteiger partial charge in [0.2, 0.25) is 0 Å². The van der Waals surface area contributed by atoms with Gasteiger partial charge in [0.25, 0.3) is 0 Å². The van der Waals surface area contributed by atoms with E-state index in [9.17, 15) is 9.90 Å². The van der Waals surface area contributed by atoms with Gasteiger partial charge in [0.1, 0.15) is 11.4 Å². The van der Waals surface area contributed by atoms with Crippen LogP contribution in [0.5, 0.6) is 0 Å². The molecule has 3 rings (SSSR count). The highest BCUT2D eigenvalue weighted by atomic mass is 16.3. The Labute approximate surface area is 135 Å². The molecule has 6 nitrogen and oxygen atoms in total. The number of nitrogens with one attached hydrogen (secondary N) is 1. The fourth-order valence-corrected chi connectivity index (χ4v) is 3.12. The van der Waals surface area contributed by atoms with E-state index in [1.54, 1.807) is 11.1 Å². The molecule has 2 aromatic rings. The summed E-state index contributed by atoms with van der Waals surface area (Å²) in [4.78, 5) is 18.2. The Balaban J connectivity index is 1.64. The van der Waals surface area contributed by atoms with Gasteiger partial charge >= 0.3 is 6.03 Å². The first-order valence-electron chi connectivity index (χ1n) is 7.77. The van der Waals surface area contributed by atoms with Crippen molar-refractivity contribution in [2.75, 3.05) is 13.1 Å². The minimum Gasteiger partial charge on any atom is -0.383 e. The van der Waals surface area contributed by atoms with E-state index < -0.39 is 5.60 Å². The first kappa shape index (κ1) is 15.6. The molecule has 0 bridgehead atoms. The van der Waals surface area contributed by atoms with E-state index in [0.717, 1.165) is 17.0 Å². The molecule has 1 saturated heterocycles. The third-order valence-corrected chi connectivity index (χ3v) is 4.50. The molecule has 6 heteroatoms. The van der Waals surface area contributed by atoms with Gasteiger partial charge in [-0.2, -0.15) is 0 Å². The van der Waals surface area contributed by atoms with Crippen molar-refractivity contribution in [1.29, 1.82) is 0 Å². The van der Waals surface area contributed by atoms with Crippen molar-refractivity contribution in [3.05, 3.63) is 53.6 Å². The number of nitrogens with zero attached hydrogens (tertiary/aromatic N) is 3.